The van der Waals surface area contributed by atoms with Crippen LogP contribution in [0.3, 0.4) is 0 Å². The second kappa shape index (κ2) is 5.98. The van der Waals surface area contributed by atoms with Gasteiger partial charge in [-0.3, -0.25) is 9.48 Å². The summed E-state index contributed by atoms with van der Waals surface area (Å²) in [6.07, 6.45) is 0.253. The summed E-state index contributed by atoms with van der Waals surface area (Å²) in [5, 5.41) is 16.2. The van der Waals surface area contributed by atoms with Crippen LogP contribution in [-0.4, -0.2) is 15.7 Å². The fourth-order valence-corrected chi connectivity index (χ4v) is 2.35. The van der Waals surface area contributed by atoms with Crippen LogP contribution in [0.4, 0.5) is 5.69 Å². The minimum absolute atomic E-state index is 0.144. The summed E-state index contributed by atoms with van der Waals surface area (Å²) in [6, 6.07) is 6.79. The van der Waals surface area contributed by atoms with E-state index in [2.05, 4.69) is 10.4 Å². The number of aryl methyl sites for hydroxylation is 2. The Morgan fingerprint density at radius 3 is 2.71 bits per heavy atom. The quantitative estimate of drug-likeness (QED) is 0.947. The number of aromatic nitrogens is 2. The predicted octanol–water partition coefficient (Wildman–Crippen LogP) is 2.74. The van der Waals surface area contributed by atoms with Crippen molar-refractivity contribution in [3.63, 3.8) is 0 Å². The number of nitrogens with zero attached hydrogens (tertiary/aromatic N) is 3. The minimum Gasteiger partial charge on any atom is -0.326 e. The normalized spacial score (nSPS) is 10.2. The molecule has 0 saturated carbocycles. The smallest absolute Gasteiger partial charge is 0.228 e. The molecule has 21 heavy (non-hydrogen) atoms. The molecule has 0 radical (unpaired) electrons. The topological polar surface area (TPSA) is 70.7 Å². The van der Waals surface area contributed by atoms with Gasteiger partial charge in [-0.25, -0.2) is 0 Å². The molecule has 0 bridgehead atoms. The van der Waals surface area contributed by atoms with Gasteiger partial charge >= 0.3 is 0 Å². The molecule has 0 unspecified atom stereocenters. The van der Waals surface area contributed by atoms with Crippen molar-refractivity contribution in [2.24, 2.45) is 7.05 Å². The summed E-state index contributed by atoms with van der Waals surface area (Å²) in [5.41, 5.74) is 3.70. The largest absolute Gasteiger partial charge is 0.326 e. The van der Waals surface area contributed by atoms with Crippen LogP contribution in [0, 0.1) is 25.2 Å². The van der Waals surface area contributed by atoms with Gasteiger partial charge in [-0.15, -0.1) is 0 Å². The van der Waals surface area contributed by atoms with E-state index in [4.69, 9.17) is 16.9 Å². The van der Waals surface area contributed by atoms with Gasteiger partial charge < -0.3 is 5.32 Å². The summed E-state index contributed by atoms with van der Waals surface area (Å²) < 4.78 is 1.76. The third kappa shape index (κ3) is 3.23. The lowest BCUT2D eigenvalue weighted by molar-refractivity contribution is -0.115. The Kier molecular flexibility index (Phi) is 4.29. The first-order chi connectivity index (χ1) is 9.92. The van der Waals surface area contributed by atoms with E-state index in [9.17, 15) is 4.79 Å². The van der Waals surface area contributed by atoms with Gasteiger partial charge in [-0.05, 0) is 32.0 Å². The molecule has 1 aromatic heterocycles. The highest BCUT2D eigenvalue weighted by molar-refractivity contribution is 6.32. The number of hydrogen-bond acceptors (Lipinski definition) is 3. The molecule has 0 aliphatic heterocycles. The monoisotopic (exact) mass is 302 g/mol. The van der Waals surface area contributed by atoms with Crippen LogP contribution >= 0.6 is 11.6 Å². The molecule has 108 valence electrons. The van der Waals surface area contributed by atoms with Crippen molar-refractivity contribution in [2.45, 2.75) is 20.3 Å². The standard InChI is InChI=1S/C15H15ClN4O/c1-9-13(10(2)20(3)19-9)7-15(21)18-12-5-4-11(8-17)14(16)6-12/h4-6H,7H2,1-3H3,(H,18,21). The van der Waals surface area contributed by atoms with E-state index in [0.29, 0.717) is 16.3 Å². The van der Waals surface area contributed by atoms with E-state index in [1.165, 1.54) is 0 Å². The van der Waals surface area contributed by atoms with Crippen molar-refractivity contribution in [1.29, 1.82) is 5.26 Å². The Morgan fingerprint density at radius 2 is 2.19 bits per heavy atom. The van der Waals surface area contributed by atoms with Crippen molar-refractivity contribution >= 4 is 23.2 Å². The molecule has 0 fully saturated rings. The van der Waals surface area contributed by atoms with Crippen LogP contribution in [0.5, 0.6) is 0 Å². The zero-order valence-electron chi connectivity index (χ0n) is 12.1. The van der Waals surface area contributed by atoms with Crippen LogP contribution in [-0.2, 0) is 18.3 Å². The van der Waals surface area contributed by atoms with Gasteiger partial charge in [0.2, 0.25) is 5.91 Å². The molecule has 0 aliphatic rings. The van der Waals surface area contributed by atoms with Crippen LogP contribution in [0.15, 0.2) is 18.2 Å². The van der Waals surface area contributed by atoms with Crippen molar-refractivity contribution in [1.82, 2.24) is 9.78 Å². The maximum Gasteiger partial charge on any atom is 0.228 e. The highest BCUT2D eigenvalue weighted by Crippen LogP contribution is 2.21. The average Bonchev–Trinajstić information content (AvgIpc) is 2.65. The van der Waals surface area contributed by atoms with E-state index in [-0.39, 0.29) is 12.3 Å². The van der Waals surface area contributed by atoms with Gasteiger partial charge in [0.15, 0.2) is 0 Å². The SMILES string of the molecule is Cc1nn(C)c(C)c1CC(=O)Nc1ccc(C#N)c(Cl)c1. The Bertz CT molecular complexity index is 743. The average molecular weight is 303 g/mol. The van der Waals surface area contributed by atoms with E-state index in [0.717, 1.165) is 17.0 Å². The molecular weight excluding hydrogens is 288 g/mol. The molecule has 2 aromatic rings. The molecule has 1 amide bonds. The van der Waals surface area contributed by atoms with Crippen molar-refractivity contribution in [3.8, 4) is 6.07 Å². The highest BCUT2D eigenvalue weighted by Gasteiger charge is 2.14. The molecule has 1 heterocycles. The van der Waals surface area contributed by atoms with Gasteiger partial charge in [0.05, 0.1) is 22.7 Å². The van der Waals surface area contributed by atoms with Crippen LogP contribution in [0.1, 0.15) is 22.5 Å². The Morgan fingerprint density at radius 1 is 1.48 bits per heavy atom. The first-order valence-corrected chi connectivity index (χ1v) is 6.78. The maximum atomic E-state index is 12.1. The van der Waals surface area contributed by atoms with E-state index < -0.39 is 0 Å². The Balaban J connectivity index is 2.12. The second-order valence-corrected chi connectivity index (χ2v) is 5.21. The van der Waals surface area contributed by atoms with Gasteiger partial charge in [0, 0.05) is 24.0 Å². The Labute approximate surface area is 128 Å². The number of amides is 1. The summed E-state index contributed by atoms with van der Waals surface area (Å²) in [6.45, 7) is 3.81. The van der Waals surface area contributed by atoms with E-state index in [1.54, 1.807) is 22.9 Å². The van der Waals surface area contributed by atoms with Gasteiger partial charge in [0.25, 0.3) is 0 Å². The van der Waals surface area contributed by atoms with Gasteiger partial charge in [-0.2, -0.15) is 10.4 Å². The molecule has 0 spiro atoms. The summed E-state index contributed by atoms with van der Waals surface area (Å²) in [7, 11) is 1.85. The summed E-state index contributed by atoms with van der Waals surface area (Å²) in [5.74, 6) is -0.144. The number of nitrogens with one attached hydrogen (secondary N) is 1. The zero-order valence-corrected chi connectivity index (χ0v) is 12.8. The van der Waals surface area contributed by atoms with Crippen molar-refractivity contribution in [2.75, 3.05) is 5.32 Å². The molecule has 0 aliphatic carbocycles. The first-order valence-electron chi connectivity index (χ1n) is 6.41. The molecule has 6 heteroatoms. The maximum absolute atomic E-state index is 12.1. The molecule has 1 N–H and O–H groups in total. The number of carbonyl (C=O) groups excluding carboxylic acids is 1. The number of rotatable bonds is 3. The number of anilines is 1. The fraction of sp³-hybridized carbons (Fsp3) is 0.267. The summed E-state index contributed by atoms with van der Waals surface area (Å²) >= 11 is 5.94. The van der Waals surface area contributed by atoms with Crippen molar-refractivity contribution < 1.29 is 4.79 Å². The lowest BCUT2D eigenvalue weighted by Crippen LogP contribution is -2.15. The highest BCUT2D eigenvalue weighted by atomic mass is 35.5. The number of hydrogen-bond donors (Lipinski definition) is 1. The minimum atomic E-state index is -0.144. The third-order valence-corrected chi connectivity index (χ3v) is 3.68. The molecule has 0 saturated heterocycles. The Hall–Kier alpha value is -2.32. The van der Waals surface area contributed by atoms with E-state index >= 15 is 0 Å². The molecule has 1 aromatic carbocycles. The molecule has 0 atom stereocenters. The number of benzene rings is 1. The lowest BCUT2D eigenvalue weighted by Gasteiger charge is -2.07. The fourth-order valence-electron chi connectivity index (χ4n) is 2.12. The van der Waals surface area contributed by atoms with Crippen LogP contribution in [0.2, 0.25) is 5.02 Å². The molecular formula is C15H15ClN4O. The summed E-state index contributed by atoms with van der Waals surface area (Å²) in [4.78, 5) is 12.1. The van der Waals surface area contributed by atoms with Gasteiger partial charge in [-0.1, -0.05) is 11.6 Å². The third-order valence-electron chi connectivity index (χ3n) is 3.37. The number of nitriles is 1. The van der Waals surface area contributed by atoms with Gasteiger partial charge in [0.1, 0.15) is 6.07 Å². The molecule has 5 nitrogen and oxygen atoms in total. The zero-order chi connectivity index (χ0) is 15.6. The number of halogens is 1. The number of carbonyl (C=O) groups is 1. The second-order valence-electron chi connectivity index (χ2n) is 4.80. The predicted molar refractivity (Wildman–Crippen MR) is 81.2 cm³/mol. The molecule has 2 rings (SSSR count). The van der Waals surface area contributed by atoms with Crippen LogP contribution in [0.25, 0.3) is 0 Å². The van der Waals surface area contributed by atoms with Crippen molar-refractivity contribution in [3.05, 3.63) is 45.7 Å². The lowest BCUT2D eigenvalue weighted by atomic mass is 10.1. The van der Waals surface area contributed by atoms with E-state index in [1.807, 2.05) is 27.0 Å². The first kappa shape index (κ1) is 15.1. The van der Waals surface area contributed by atoms with Crippen LogP contribution < -0.4 is 5.32 Å².